The van der Waals surface area contributed by atoms with Crippen molar-refractivity contribution in [2.45, 2.75) is 90.5 Å². The second-order valence-electron chi connectivity index (χ2n) is 9.86. The van der Waals surface area contributed by atoms with Gasteiger partial charge in [-0.1, -0.05) is 12.2 Å². The lowest BCUT2D eigenvalue weighted by Gasteiger charge is -2.30. The van der Waals surface area contributed by atoms with Gasteiger partial charge in [-0.2, -0.15) is 0 Å². The Balaban J connectivity index is 2.12. The summed E-state index contributed by atoms with van der Waals surface area (Å²) in [6.07, 6.45) is 0.897. The van der Waals surface area contributed by atoms with Crippen molar-refractivity contribution in [1.29, 1.82) is 0 Å². The first kappa shape index (κ1) is 27.9. The molecule has 2 heterocycles. The number of carbonyl (C=O) groups excluding carboxylic acids is 4. The van der Waals surface area contributed by atoms with Crippen LogP contribution in [0.5, 0.6) is 0 Å². The normalized spacial score (nSPS) is 39.2. The van der Waals surface area contributed by atoms with Gasteiger partial charge in [0.15, 0.2) is 0 Å². The highest BCUT2D eigenvalue weighted by Crippen LogP contribution is 2.51. The van der Waals surface area contributed by atoms with Crippen LogP contribution in [0.15, 0.2) is 23.3 Å². The minimum absolute atomic E-state index is 0.0680. The Bertz CT molecular complexity index is 952. The minimum Gasteiger partial charge on any atom is -0.459 e. The third-order valence-electron chi connectivity index (χ3n) is 7.09. The lowest BCUT2D eigenvalue weighted by molar-refractivity contribution is -0.150. The minimum atomic E-state index is -0.947. The summed E-state index contributed by atoms with van der Waals surface area (Å²) in [7, 11) is 1.48. The van der Waals surface area contributed by atoms with E-state index in [4.69, 9.17) is 28.4 Å². The van der Waals surface area contributed by atoms with Gasteiger partial charge in [-0.05, 0) is 31.9 Å². The van der Waals surface area contributed by atoms with Gasteiger partial charge in [0, 0.05) is 40.7 Å². The van der Waals surface area contributed by atoms with Gasteiger partial charge in [-0.25, -0.2) is 0 Å². The van der Waals surface area contributed by atoms with Gasteiger partial charge < -0.3 is 28.4 Å². The summed E-state index contributed by atoms with van der Waals surface area (Å²) in [5, 5.41) is 0. The second-order valence-corrected chi connectivity index (χ2v) is 9.86. The fraction of sp³-hybridized carbons (Fsp3) is 0.692. The van der Waals surface area contributed by atoms with Crippen molar-refractivity contribution < 1.29 is 47.6 Å². The van der Waals surface area contributed by atoms with E-state index in [2.05, 4.69) is 0 Å². The van der Waals surface area contributed by atoms with Gasteiger partial charge in [0.25, 0.3) is 0 Å². The van der Waals surface area contributed by atoms with Crippen LogP contribution < -0.4 is 0 Å². The van der Waals surface area contributed by atoms with Crippen LogP contribution in [-0.2, 0) is 47.6 Å². The Hall–Kier alpha value is -2.72. The molecule has 2 saturated heterocycles. The lowest BCUT2D eigenvalue weighted by atomic mass is 9.79. The molecule has 0 aromatic heterocycles. The fourth-order valence-electron chi connectivity index (χ4n) is 5.20. The summed E-state index contributed by atoms with van der Waals surface area (Å²) in [6, 6.07) is 0. The van der Waals surface area contributed by atoms with E-state index in [1.54, 1.807) is 13.8 Å². The van der Waals surface area contributed by atoms with E-state index < -0.39 is 71.8 Å². The van der Waals surface area contributed by atoms with Crippen LogP contribution in [0.4, 0.5) is 0 Å². The Morgan fingerprint density at radius 2 is 1.58 bits per heavy atom. The molecule has 0 aromatic rings. The van der Waals surface area contributed by atoms with Crippen molar-refractivity contribution in [1.82, 2.24) is 0 Å². The predicted molar refractivity (Wildman–Crippen MR) is 125 cm³/mol. The van der Waals surface area contributed by atoms with Crippen LogP contribution in [0.3, 0.4) is 0 Å². The highest BCUT2D eigenvalue weighted by molar-refractivity contribution is 5.76. The van der Waals surface area contributed by atoms with Crippen molar-refractivity contribution in [2.24, 2.45) is 11.8 Å². The van der Waals surface area contributed by atoms with Crippen molar-refractivity contribution in [3.63, 3.8) is 0 Å². The van der Waals surface area contributed by atoms with Gasteiger partial charge >= 0.3 is 23.9 Å². The maximum absolute atomic E-state index is 12.9. The number of hydrogen-bond donors (Lipinski definition) is 0. The van der Waals surface area contributed by atoms with E-state index in [0.29, 0.717) is 18.4 Å². The number of hydrogen-bond acceptors (Lipinski definition) is 10. The first-order valence-corrected chi connectivity index (χ1v) is 12.1. The molecule has 1 unspecified atom stereocenters. The molecule has 0 bridgehead atoms. The van der Waals surface area contributed by atoms with Gasteiger partial charge in [0.2, 0.25) is 0 Å². The van der Waals surface area contributed by atoms with Crippen molar-refractivity contribution in [3.05, 3.63) is 23.3 Å². The van der Waals surface area contributed by atoms with E-state index >= 15 is 0 Å². The topological polar surface area (TPSA) is 127 Å². The predicted octanol–water partition coefficient (Wildman–Crippen LogP) is 2.43. The first-order valence-electron chi connectivity index (χ1n) is 12.1. The molecule has 8 atom stereocenters. The molecular weight excluding hydrogens is 472 g/mol. The SMILES string of the molecule is COC[C@H]1C(=O)OC2[C@H]1[C@H](OC(C)=O)/C(C)=C/C[C@H](OC(C)=O)/C(C)=C/C[C@@H](OC(C)=O)[C@]1(C)O[C@@H]21. The Kier molecular flexibility index (Phi) is 8.61. The third-order valence-corrected chi connectivity index (χ3v) is 7.09. The molecule has 0 amide bonds. The molecule has 10 heteroatoms. The smallest absolute Gasteiger partial charge is 0.312 e. The molecule has 0 aromatic carbocycles. The zero-order valence-corrected chi connectivity index (χ0v) is 21.9. The number of carbonyl (C=O) groups is 4. The summed E-state index contributed by atoms with van der Waals surface area (Å²) in [4.78, 5) is 48.8. The van der Waals surface area contributed by atoms with Gasteiger partial charge in [0.05, 0.1) is 18.4 Å². The molecule has 200 valence electrons. The number of rotatable bonds is 5. The maximum Gasteiger partial charge on any atom is 0.312 e. The molecule has 36 heavy (non-hydrogen) atoms. The molecule has 0 radical (unpaired) electrons. The number of ether oxygens (including phenoxy) is 6. The highest BCUT2D eigenvalue weighted by atomic mass is 16.7. The first-order chi connectivity index (χ1) is 16.9. The molecule has 3 rings (SSSR count). The van der Waals surface area contributed by atoms with Crippen LogP contribution in [0.2, 0.25) is 0 Å². The standard InChI is InChI=1S/C26H36O10/c1-13-9-11-20(33-16(4)28)26(6)24(36-26)23-21(18(12-31-7)25(30)35-23)22(34-17(5)29)14(2)8-10-19(13)32-15(3)27/h8-9,18-24H,10-12H2,1-7H3/b13-9+,14-8+/t18-,19+,20-,21-,22-,23?,24+,26+/m1/s1. The second kappa shape index (κ2) is 11.1. The monoisotopic (exact) mass is 508 g/mol. The average molecular weight is 509 g/mol. The summed E-state index contributed by atoms with van der Waals surface area (Å²) >= 11 is 0. The Morgan fingerprint density at radius 3 is 2.17 bits per heavy atom. The van der Waals surface area contributed by atoms with Crippen molar-refractivity contribution in [2.75, 3.05) is 13.7 Å². The van der Waals surface area contributed by atoms with E-state index in [1.165, 1.54) is 27.9 Å². The molecule has 10 nitrogen and oxygen atoms in total. The quantitative estimate of drug-likeness (QED) is 0.236. The van der Waals surface area contributed by atoms with E-state index in [1.807, 2.05) is 19.1 Å². The van der Waals surface area contributed by atoms with Crippen LogP contribution >= 0.6 is 0 Å². The summed E-state index contributed by atoms with van der Waals surface area (Å²) in [6.45, 7) is 9.46. The molecule has 3 aliphatic rings. The van der Waals surface area contributed by atoms with E-state index in [-0.39, 0.29) is 6.61 Å². The van der Waals surface area contributed by atoms with Crippen molar-refractivity contribution >= 4 is 23.9 Å². The molecule has 0 saturated carbocycles. The van der Waals surface area contributed by atoms with Crippen LogP contribution in [-0.4, -0.2) is 73.7 Å². The number of epoxide rings is 1. The summed E-state index contributed by atoms with van der Waals surface area (Å²) < 4.78 is 34.1. The van der Waals surface area contributed by atoms with Gasteiger partial charge in [-0.3, -0.25) is 19.2 Å². The average Bonchev–Trinajstić information content (AvgIpc) is 3.37. The summed E-state index contributed by atoms with van der Waals surface area (Å²) in [5.41, 5.74) is 0.513. The lowest BCUT2D eigenvalue weighted by Crippen LogP contribution is -2.43. The highest BCUT2D eigenvalue weighted by Gasteiger charge is 2.68. The van der Waals surface area contributed by atoms with Crippen LogP contribution in [0, 0.1) is 11.8 Å². The van der Waals surface area contributed by atoms with Gasteiger partial charge in [0.1, 0.15) is 36.1 Å². The van der Waals surface area contributed by atoms with E-state index in [9.17, 15) is 19.2 Å². The van der Waals surface area contributed by atoms with Crippen LogP contribution in [0.1, 0.15) is 54.4 Å². The maximum atomic E-state index is 12.9. The molecule has 0 N–H and O–H groups in total. The number of esters is 4. The Labute approximate surface area is 211 Å². The summed E-state index contributed by atoms with van der Waals surface area (Å²) in [5.74, 6) is -3.22. The largest absolute Gasteiger partial charge is 0.459 e. The fourth-order valence-corrected chi connectivity index (χ4v) is 5.20. The molecular formula is C26H36O10. The zero-order chi connectivity index (χ0) is 26.8. The number of fused-ring (bicyclic) bond motifs is 3. The zero-order valence-electron chi connectivity index (χ0n) is 21.9. The van der Waals surface area contributed by atoms with Gasteiger partial charge in [-0.15, -0.1) is 0 Å². The molecule has 0 spiro atoms. The molecule has 1 aliphatic carbocycles. The Morgan fingerprint density at radius 1 is 0.972 bits per heavy atom. The van der Waals surface area contributed by atoms with Crippen LogP contribution in [0.25, 0.3) is 0 Å². The van der Waals surface area contributed by atoms with E-state index in [0.717, 1.165) is 5.57 Å². The number of methoxy groups -OCH3 is 1. The molecule has 2 aliphatic heterocycles. The third kappa shape index (κ3) is 5.98. The molecule has 2 fully saturated rings. The van der Waals surface area contributed by atoms with Crippen molar-refractivity contribution in [3.8, 4) is 0 Å².